The molecular weight excluding hydrogens is 384 g/mol. The molecule has 0 bridgehead atoms. The summed E-state index contributed by atoms with van der Waals surface area (Å²) >= 11 is 6.03. The fourth-order valence-corrected chi connectivity index (χ4v) is 3.46. The van der Waals surface area contributed by atoms with Gasteiger partial charge in [-0.25, -0.2) is 4.98 Å². The number of pyridine rings is 1. The Hall–Kier alpha value is -3.37. The smallest absolute Gasteiger partial charge is 0.256 e. The Morgan fingerprint density at radius 3 is 2.48 bits per heavy atom. The quantitative estimate of drug-likeness (QED) is 0.447. The van der Waals surface area contributed by atoms with E-state index < -0.39 is 0 Å². The molecule has 4 rings (SSSR count). The van der Waals surface area contributed by atoms with E-state index in [0.717, 1.165) is 39.2 Å². The van der Waals surface area contributed by atoms with E-state index in [0.29, 0.717) is 10.6 Å². The molecule has 144 valence electrons. The number of hydrogen-bond donors (Lipinski definition) is 1. The van der Waals surface area contributed by atoms with Gasteiger partial charge in [-0.1, -0.05) is 29.8 Å². The lowest BCUT2D eigenvalue weighted by molar-refractivity contribution is 0.102. The van der Waals surface area contributed by atoms with Gasteiger partial charge in [-0.15, -0.1) is 0 Å². The Balaban J connectivity index is 1.78. The third-order valence-corrected chi connectivity index (χ3v) is 5.02. The van der Waals surface area contributed by atoms with Gasteiger partial charge < -0.3 is 10.1 Å². The predicted molar refractivity (Wildman–Crippen MR) is 118 cm³/mol. The Labute approximate surface area is 174 Å². The highest BCUT2D eigenvalue weighted by molar-refractivity contribution is 6.30. The maximum absolute atomic E-state index is 13.2. The van der Waals surface area contributed by atoms with Crippen LogP contribution in [0.2, 0.25) is 5.02 Å². The number of anilines is 1. The third kappa shape index (κ3) is 3.93. The van der Waals surface area contributed by atoms with Crippen LogP contribution in [0.5, 0.6) is 5.75 Å². The van der Waals surface area contributed by atoms with Crippen molar-refractivity contribution in [2.75, 3.05) is 12.4 Å². The van der Waals surface area contributed by atoms with Gasteiger partial charge in [0.25, 0.3) is 5.91 Å². The number of methoxy groups -OCH3 is 1. The monoisotopic (exact) mass is 402 g/mol. The van der Waals surface area contributed by atoms with E-state index in [9.17, 15) is 4.79 Å². The second-order valence-electron chi connectivity index (χ2n) is 6.71. The minimum absolute atomic E-state index is 0.191. The first kappa shape index (κ1) is 19.0. The molecule has 1 N–H and O–H groups in total. The largest absolute Gasteiger partial charge is 0.497 e. The van der Waals surface area contributed by atoms with Crippen LogP contribution in [0.4, 0.5) is 5.69 Å². The summed E-state index contributed by atoms with van der Waals surface area (Å²) in [6.07, 6.45) is 0. The molecule has 0 saturated carbocycles. The number of carbonyl (C=O) groups excluding carboxylic acids is 1. The molecule has 3 aromatic carbocycles. The van der Waals surface area contributed by atoms with E-state index in [2.05, 4.69) is 5.32 Å². The first-order valence-corrected chi connectivity index (χ1v) is 9.54. The van der Waals surface area contributed by atoms with E-state index in [4.69, 9.17) is 21.3 Å². The normalized spacial score (nSPS) is 10.7. The number of carbonyl (C=O) groups is 1. The van der Waals surface area contributed by atoms with Crippen LogP contribution < -0.4 is 10.1 Å². The number of nitrogens with one attached hydrogen (secondary N) is 1. The van der Waals surface area contributed by atoms with E-state index in [-0.39, 0.29) is 5.91 Å². The van der Waals surface area contributed by atoms with Gasteiger partial charge >= 0.3 is 0 Å². The standard InChI is InChI=1S/C24H19ClN2O2/c1-15-13-17(25)9-12-21(15)27-24(28)20-14-23(16-7-10-18(29-2)11-8-16)26-22-6-4-3-5-19(20)22/h3-14H,1-2H3,(H,27,28). The van der Waals surface area contributed by atoms with Crippen LogP contribution >= 0.6 is 11.6 Å². The molecule has 0 spiro atoms. The van der Waals surface area contributed by atoms with Crippen molar-refractivity contribution < 1.29 is 9.53 Å². The average Bonchev–Trinajstić information content (AvgIpc) is 2.75. The van der Waals surface area contributed by atoms with Crippen molar-refractivity contribution >= 4 is 34.1 Å². The highest BCUT2D eigenvalue weighted by Crippen LogP contribution is 2.27. The van der Waals surface area contributed by atoms with Gasteiger partial charge in [0, 0.05) is 21.7 Å². The summed E-state index contributed by atoms with van der Waals surface area (Å²) < 4.78 is 5.23. The predicted octanol–water partition coefficient (Wildman–Crippen LogP) is 6.12. The Morgan fingerprint density at radius 1 is 1.00 bits per heavy atom. The topological polar surface area (TPSA) is 51.2 Å². The van der Waals surface area contributed by atoms with Gasteiger partial charge in [0.1, 0.15) is 5.75 Å². The van der Waals surface area contributed by atoms with Gasteiger partial charge in [-0.05, 0) is 67.1 Å². The molecule has 0 unspecified atom stereocenters. The Kier molecular flexibility index (Phi) is 5.19. The summed E-state index contributed by atoms with van der Waals surface area (Å²) in [7, 11) is 1.63. The number of benzene rings is 3. The van der Waals surface area contributed by atoms with Crippen molar-refractivity contribution in [1.29, 1.82) is 0 Å². The van der Waals surface area contributed by atoms with Crippen molar-refractivity contribution in [3.05, 3.63) is 88.9 Å². The number of amides is 1. The van der Waals surface area contributed by atoms with Gasteiger partial charge in [-0.3, -0.25) is 4.79 Å². The molecule has 1 aromatic heterocycles. The molecule has 0 aliphatic rings. The molecule has 0 atom stereocenters. The van der Waals surface area contributed by atoms with Crippen molar-refractivity contribution in [1.82, 2.24) is 4.98 Å². The summed E-state index contributed by atoms with van der Waals surface area (Å²) in [4.78, 5) is 17.9. The summed E-state index contributed by atoms with van der Waals surface area (Å²) in [5.74, 6) is 0.578. The summed E-state index contributed by atoms with van der Waals surface area (Å²) in [6, 6.07) is 22.5. The molecule has 0 saturated heterocycles. The van der Waals surface area contributed by atoms with E-state index in [1.807, 2.05) is 73.7 Å². The van der Waals surface area contributed by atoms with E-state index in [1.165, 1.54) is 0 Å². The molecule has 0 aliphatic heterocycles. The highest BCUT2D eigenvalue weighted by atomic mass is 35.5. The lowest BCUT2D eigenvalue weighted by Crippen LogP contribution is -2.14. The molecule has 4 nitrogen and oxygen atoms in total. The molecule has 29 heavy (non-hydrogen) atoms. The van der Waals surface area contributed by atoms with Crippen molar-refractivity contribution in [2.24, 2.45) is 0 Å². The highest BCUT2D eigenvalue weighted by Gasteiger charge is 2.15. The van der Waals surface area contributed by atoms with E-state index in [1.54, 1.807) is 13.2 Å². The zero-order chi connectivity index (χ0) is 20.4. The number of rotatable bonds is 4. The number of para-hydroxylation sites is 1. The van der Waals surface area contributed by atoms with Crippen LogP contribution in [0.1, 0.15) is 15.9 Å². The van der Waals surface area contributed by atoms with Crippen molar-refractivity contribution in [2.45, 2.75) is 6.92 Å². The zero-order valence-corrected chi connectivity index (χ0v) is 16.8. The van der Waals surface area contributed by atoms with Crippen LogP contribution in [-0.2, 0) is 0 Å². The van der Waals surface area contributed by atoms with Gasteiger partial charge in [-0.2, -0.15) is 0 Å². The maximum Gasteiger partial charge on any atom is 0.256 e. The van der Waals surface area contributed by atoms with Crippen LogP contribution in [0.3, 0.4) is 0 Å². The van der Waals surface area contributed by atoms with Crippen LogP contribution in [0.15, 0.2) is 72.8 Å². The van der Waals surface area contributed by atoms with Crippen LogP contribution in [0.25, 0.3) is 22.2 Å². The Bertz CT molecular complexity index is 1200. The minimum atomic E-state index is -0.191. The van der Waals surface area contributed by atoms with E-state index >= 15 is 0 Å². The lowest BCUT2D eigenvalue weighted by atomic mass is 10.0. The number of aryl methyl sites for hydroxylation is 1. The van der Waals surface area contributed by atoms with Gasteiger partial charge in [0.2, 0.25) is 0 Å². The van der Waals surface area contributed by atoms with Crippen molar-refractivity contribution in [3.63, 3.8) is 0 Å². The number of ether oxygens (including phenoxy) is 1. The summed E-state index contributed by atoms with van der Waals surface area (Å²) in [5, 5.41) is 4.43. The van der Waals surface area contributed by atoms with Gasteiger partial charge in [0.05, 0.1) is 23.9 Å². The molecule has 0 fully saturated rings. The SMILES string of the molecule is COc1ccc(-c2cc(C(=O)Nc3ccc(Cl)cc3C)c3ccccc3n2)cc1. The lowest BCUT2D eigenvalue weighted by Gasteiger charge is -2.12. The first-order valence-electron chi connectivity index (χ1n) is 9.17. The van der Waals surface area contributed by atoms with Crippen LogP contribution in [0, 0.1) is 6.92 Å². The number of halogens is 1. The molecule has 1 heterocycles. The molecule has 4 aromatic rings. The number of nitrogens with zero attached hydrogens (tertiary/aromatic N) is 1. The second kappa shape index (κ2) is 7.94. The summed E-state index contributed by atoms with van der Waals surface area (Å²) in [5.41, 5.74) is 4.60. The minimum Gasteiger partial charge on any atom is -0.497 e. The zero-order valence-electron chi connectivity index (χ0n) is 16.1. The third-order valence-electron chi connectivity index (χ3n) is 4.78. The molecule has 1 amide bonds. The first-order chi connectivity index (χ1) is 14.0. The Morgan fingerprint density at radius 2 is 1.76 bits per heavy atom. The summed E-state index contributed by atoms with van der Waals surface area (Å²) in [6.45, 7) is 1.91. The fraction of sp³-hybridized carbons (Fsp3) is 0.0833. The maximum atomic E-state index is 13.2. The molecule has 0 radical (unpaired) electrons. The molecule has 0 aliphatic carbocycles. The number of hydrogen-bond acceptors (Lipinski definition) is 3. The average molecular weight is 403 g/mol. The number of fused-ring (bicyclic) bond motifs is 1. The van der Waals surface area contributed by atoms with Gasteiger partial charge in [0.15, 0.2) is 0 Å². The fourth-order valence-electron chi connectivity index (χ4n) is 3.23. The molecule has 5 heteroatoms. The second-order valence-corrected chi connectivity index (χ2v) is 7.15. The van der Waals surface area contributed by atoms with Crippen LogP contribution in [-0.4, -0.2) is 18.0 Å². The number of aromatic nitrogens is 1. The van der Waals surface area contributed by atoms with Crippen molar-refractivity contribution in [3.8, 4) is 17.0 Å². The molecular formula is C24H19ClN2O2.